The number of aliphatic carboxylic acids is 2. The standard InChI is InChI=1S/C19H18O10.2Na/c1-28-15-5-3-9(6-12(15)21)2-4-11(20)16-13(22)7-10(8-14(16)23)29-17(18(24)25)19(26)27;;/h3,5-8,17,21-23H,2,4H2,1H3,(H,24,25)(H,26,27);;/q;2*+1/p-2. The number of benzene rings is 2. The maximum Gasteiger partial charge on any atom is 1.00 e. The minimum Gasteiger partial charge on any atom is -0.546 e. The number of Topliss-reactive ketones (excluding diaryl/α,β-unsaturated/α-hetero) is 1. The van der Waals surface area contributed by atoms with Gasteiger partial charge in [-0.3, -0.25) is 4.79 Å². The molecule has 0 heterocycles. The van der Waals surface area contributed by atoms with E-state index in [4.69, 9.17) is 4.74 Å². The Balaban J connectivity index is 0.00000450. The number of methoxy groups -OCH3 is 1. The van der Waals surface area contributed by atoms with Crippen LogP contribution in [0.1, 0.15) is 22.3 Å². The van der Waals surface area contributed by atoms with Crippen LogP contribution in [0.3, 0.4) is 0 Å². The van der Waals surface area contributed by atoms with Gasteiger partial charge in [0.05, 0.1) is 19.0 Å². The van der Waals surface area contributed by atoms with Gasteiger partial charge in [0.25, 0.3) is 0 Å². The van der Waals surface area contributed by atoms with E-state index >= 15 is 0 Å². The third kappa shape index (κ3) is 7.60. The van der Waals surface area contributed by atoms with Crippen molar-refractivity contribution in [2.24, 2.45) is 0 Å². The molecule has 0 atom stereocenters. The van der Waals surface area contributed by atoms with Crippen molar-refractivity contribution < 1.29 is 109 Å². The molecule has 0 aliphatic rings. The molecule has 12 heteroatoms. The predicted molar refractivity (Wildman–Crippen MR) is 91.5 cm³/mol. The van der Waals surface area contributed by atoms with Crippen LogP contribution < -0.4 is 78.8 Å². The number of rotatable bonds is 9. The fourth-order valence-corrected chi connectivity index (χ4v) is 2.54. The fraction of sp³-hybridized carbons (Fsp3) is 0.211. The molecule has 2 aromatic rings. The Labute approximate surface area is 221 Å². The summed E-state index contributed by atoms with van der Waals surface area (Å²) in [5.41, 5.74) is 0.148. The molecule has 3 N–H and O–H groups in total. The molecule has 154 valence electrons. The van der Waals surface area contributed by atoms with Crippen LogP contribution in [0.2, 0.25) is 0 Å². The second kappa shape index (κ2) is 12.8. The molecule has 0 bridgehead atoms. The number of carbonyl (C=O) groups is 3. The van der Waals surface area contributed by atoms with E-state index in [0.29, 0.717) is 5.56 Å². The first-order chi connectivity index (χ1) is 13.6. The first-order valence-corrected chi connectivity index (χ1v) is 8.17. The monoisotopic (exact) mass is 450 g/mol. The van der Waals surface area contributed by atoms with Gasteiger partial charge in [-0.25, -0.2) is 0 Å². The third-order valence-electron chi connectivity index (χ3n) is 3.92. The molecular formula is C19H16Na2O10. The van der Waals surface area contributed by atoms with Crippen LogP contribution in [0.5, 0.6) is 28.7 Å². The molecular weight excluding hydrogens is 434 g/mol. The normalized spacial score (nSPS) is 9.87. The number of carbonyl (C=O) groups excluding carboxylic acids is 3. The van der Waals surface area contributed by atoms with Crippen LogP contribution in [0.4, 0.5) is 0 Å². The zero-order chi connectivity index (χ0) is 21.7. The Bertz CT molecular complexity index is 924. The molecule has 10 nitrogen and oxygen atoms in total. The minimum absolute atomic E-state index is 0. The molecule has 0 saturated heterocycles. The molecule has 0 unspecified atom stereocenters. The van der Waals surface area contributed by atoms with Gasteiger partial charge in [0.1, 0.15) is 22.8 Å². The molecule has 0 radical (unpaired) electrons. The van der Waals surface area contributed by atoms with E-state index in [9.17, 15) is 39.9 Å². The van der Waals surface area contributed by atoms with Crippen molar-refractivity contribution in [1.82, 2.24) is 0 Å². The van der Waals surface area contributed by atoms with Gasteiger partial charge in [-0.1, -0.05) is 6.07 Å². The summed E-state index contributed by atoms with van der Waals surface area (Å²) in [5, 5.41) is 51.2. The van der Waals surface area contributed by atoms with Crippen LogP contribution in [0.15, 0.2) is 30.3 Å². The number of phenols is 3. The molecule has 0 aromatic heterocycles. The second-order valence-corrected chi connectivity index (χ2v) is 5.90. The molecule has 0 saturated carbocycles. The van der Waals surface area contributed by atoms with Crippen molar-refractivity contribution in [3.63, 3.8) is 0 Å². The molecule has 0 aliphatic carbocycles. The van der Waals surface area contributed by atoms with Crippen LogP contribution in [0.25, 0.3) is 0 Å². The first-order valence-electron chi connectivity index (χ1n) is 8.17. The quantitative estimate of drug-likeness (QED) is 0.189. The van der Waals surface area contributed by atoms with E-state index in [1.807, 2.05) is 0 Å². The fourth-order valence-electron chi connectivity index (χ4n) is 2.54. The molecule has 31 heavy (non-hydrogen) atoms. The maximum atomic E-state index is 12.4. The van der Waals surface area contributed by atoms with Gasteiger partial charge in [0, 0.05) is 18.6 Å². The number of ketones is 1. The van der Waals surface area contributed by atoms with E-state index in [0.717, 1.165) is 12.1 Å². The topological polar surface area (TPSA) is 176 Å². The number of aromatic hydroxyl groups is 3. The van der Waals surface area contributed by atoms with Crippen LogP contribution >= 0.6 is 0 Å². The number of aryl methyl sites for hydroxylation is 1. The number of hydrogen-bond acceptors (Lipinski definition) is 10. The van der Waals surface area contributed by atoms with Gasteiger partial charge in [0.2, 0.25) is 0 Å². The summed E-state index contributed by atoms with van der Waals surface area (Å²) in [5.74, 6) is -6.68. The molecule has 0 aliphatic heterocycles. The number of carboxylic acid groups (broad SMARTS) is 2. The molecule has 0 amide bonds. The minimum atomic E-state index is -2.47. The van der Waals surface area contributed by atoms with E-state index in [2.05, 4.69) is 4.74 Å². The number of ether oxygens (including phenoxy) is 2. The van der Waals surface area contributed by atoms with Gasteiger partial charge in [0.15, 0.2) is 23.4 Å². The van der Waals surface area contributed by atoms with Crippen molar-refractivity contribution in [2.45, 2.75) is 18.9 Å². The van der Waals surface area contributed by atoms with E-state index < -0.39 is 46.6 Å². The van der Waals surface area contributed by atoms with Gasteiger partial charge < -0.3 is 44.6 Å². The van der Waals surface area contributed by atoms with E-state index in [-0.39, 0.29) is 83.5 Å². The van der Waals surface area contributed by atoms with Crippen molar-refractivity contribution in [3.05, 3.63) is 41.5 Å². The SMILES string of the molecule is COc1ccc(CCC(=O)c2c(O)cc(OC(C(=O)[O-])C(=O)[O-])cc2O)cc1O.[Na+].[Na+]. The number of hydrogen-bond donors (Lipinski definition) is 3. The Hall–Kier alpha value is -1.95. The Kier molecular flexibility index (Phi) is 12.0. The zero-order valence-electron chi connectivity index (χ0n) is 17.1. The van der Waals surface area contributed by atoms with Crippen LogP contribution in [-0.2, 0) is 16.0 Å². The number of carboxylic acids is 2. The van der Waals surface area contributed by atoms with E-state index in [1.165, 1.54) is 19.2 Å². The van der Waals surface area contributed by atoms with Gasteiger partial charge >= 0.3 is 59.1 Å². The third-order valence-corrected chi connectivity index (χ3v) is 3.92. The van der Waals surface area contributed by atoms with Crippen molar-refractivity contribution in [2.75, 3.05) is 7.11 Å². The average Bonchev–Trinajstić information content (AvgIpc) is 2.63. The summed E-state index contributed by atoms with van der Waals surface area (Å²) < 4.78 is 9.52. The summed E-state index contributed by atoms with van der Waals surface area (Å²) in [7, 11) is 1.39. The van der Waals surface area contributed by atoms with Crippen molar-refractivity contribution >= 4 is 17.7 Å². The Morgan fingerprint density at radius 1 is 0.935 bits per heavy atom. The van der Waals surface area contributed by atoms with Gasteiger partial charge in [-0.15, -0.1) is 0 Å². The summed E-state index contributed by atoms with van der Waals surface area (Å²) in [6.45, 7) is 0. The molecule has 0 fully saturated rings. The Morgan fingerprint density at radius 2 is 1.48 bits per heavy atom. The molecule has 0 spiro atoms. The number of phenolic OH excluding ortho intramolecular Hbond substituents is 3. The van der Waals surface area contributed by atoms with Crippen molar-refractivity contribution in [3.8, 4) is 28.7 Å². The maximum absolute atomic E-state index is 12.4. The van der Waals surface area contributed by atoms with Gasteiger partial charge in [-0.2, -0.15) is 0 Å². The zero-order valence-corrected chi connectivity index (χ0v) is 21.1. The summed E-state index contributed by atoms with van der Waals surface area (Å²) >= 11 is 0. The second-order valence-electron chi connectivity index (χ2n) is 5.90. The summed E-state index contributed by atoms with van der Waals surface area (Å²) in [6, 6.07) is 6.11. The largest absolute Gasteiger partial charge is 1.00 e. The van der Waals surface area contributed by atoms with E-state index in [1.54, 1.807) is 6.07 Å². The van der Waals surface area contributed by atoms with Crippen LogP contribution in [-0.4, -0.2) is 46.3 Å². The smallest absolute Gasteiger partial charge is 0.546 e. The van der Waals surface area contributed by atoms with Gasteiger partial charge in [-0.05, 0) is 24.1 Å². The molecule has 2 aromatic carbocycles. The molecule has 2 rings (SSSR count). The predicted octanol–water partition coefficient (Wildman–Crippen LogP) is -7.12. The summed E-state index contributed by atoms with van der Waals surface area (Å²) in [4.78, 5) is 33.8. The van der Waals surface area contributed by atoms with Crippen LogP contribution in [0, 0.1) is 0 Å². The summed E-state index contributed by atoms with van der Waals surface area (Å²) in [6.07, 6.45) is -2.45. The first kappa shape index (κ1) is 29.1. The average molecular weight is 450 g/mol. The Morgan fingerprint density at radius 3 is 1.94 bits per heavy atom. The van der Waals surface area contributed by atoms with Crippen molar-refractivity contribution in [1.29, 1.82) is 0 Å².